The first-order valence-corrected chi connectivity index (χ1v) is 13.9. The van der Waals surface area contributed by atoms with Crippen LogP contribution in [-0.4, -0.2) is 87.7 Å². The van der Waals surface area contributed by atoms with E-state index in [2.05, 4.69) is 9.80 Å². The monoisotopic (exact) mass is 521 g/mol. The first-order chi connectivity index (χ1) is 16.4. The van der Waals surface area contributed by atoms with E-state index in [-0.39, 0.29) is 18.3 Å². The standard InChI is InChI=1S/C26H35N3O4S.ClH/c1-33-24-10-5-4-9-23(24)26(30)29-15-7-14-28(18-19-29)22-12-16-27(17-13-22)20-21-8-3-6-11-25(21)34(2,31)32;/h3-6,8-11,22H,7,12-20H2,1-2H3;1H. The van der Waals surface area contributed by atoms with Crippen molar-refractivity contribution in [2.24, 2.45) is 0 Å². The van der Waals surface area contributed by atoms with Crippen molar-refractivity contribution in [2.75, 3.05) is 52.6 Å². The molecule has 4 rings (SSSR count). The number of halogens is 1. The minimum atomic E-state index is -3.23. The van der Waals surface area contributed by atoms with E-state index in [1.807, 2.05) is 41.3 Å². The normalized spacial score (nSPS) is 18.5. The number of likely N-dealkylation sites (tertiary alicyclic amines) is 1. The van der Waals surface area contributed by atoms with Gasteiger partial charge < -0.3 is 9.64 Å². The summed E-state index contributed by atoms with van der Waals surface area (Å²) >= 11 is 0. The second kappa shape index (κ2) is 12.2. The molecule has 35 heavy (non-hydrogen) atoms. The van der Waals surface area contributed by atoms with Crippen LogP contribution in [-0.2, 0) is 16.4 Å². The van der Waals surface area contributed by atoms with Gasteiger partial charge >= 0.3 is 0 Å². The third kappa shape index (κ3) is 6.76. The Kier molecular flexibility index (Phi) is 9.58. The smallest absolute Gasteiger partial charge is 0.257 e. The number of hydrogen-bond donors (Lipinski definition) is 0. The fraction of sp³-hybridized carbons (Fsp3) is 0.500. The second-order valence-corrected chi connectivity index (χ2v) is 11.3. The van der Waals surface area contributed by atoms with E-state index >= 15 is 0 Å². The summed E-state index contributed by atoms with van der Waals surface area (Å²) < 4.78 is 29.6. The number of ether oxygens (including phenoxy) is 1. The van der Waals surface area contributed by atoms with E-state index in [0.29, 0.717) is 28.8 Å². The van der Waals surface area contributed by atoms with Crippen molar-refractivity contribution in [1.29, 1.82) is 0 Å². The maximum Gasteiger partial charge on any atom is 0.257 e. The Hall–Kier alpha value is -2.13. The van der Waals surface area contributed by atoms with Gasteiger partial charge in [0.05, 0.1) is 17.6 Å². The molecule has 0 unspecified atom stereocenters. The largest absolute Gasteiger partial charge is 0.496 e. The van der Waals surface area contributed by atoms with Gasteiger partial charge in [-0.05, 0) is 56.1 Å². The predicted octanol–water partition coefficient (Wildman–Crippen LogP) is 3.33. The van der Waals surface area contributed by atoms with Crippen molar-refractivity contribution in [1.82, 2.24) is 14.7 Å². The molecule has 2 heterocycles. The number of piperidine rings is 1. The highest BCUT2D eigenvalue weighted by Crippen LogP contribution is 2.24. The van der Waals surface area contributed by atoms with Crippen molar-refractivity contribution >= 4 is 28.2 Å². The van der Waals surface area contributed by atoms with Crippen molar-refractivity contribution in [3.8, 4) is 5.75 Å². The summed E-state index contributed by atoms with van der Waals surface area (Å²) in [6, 6.07) is 15.2. The van der Waals surface area contributed by atoms with Crippen molar-refractivity contribution in [3.63, 3.8) is 0 Å². The molecule has 2 aromatic carbocycles. The molecule has 0 atom stereocenters. The van der Waals surface area contributed by atoms with Gasteiger partial charge in [-0.25, -0.2) is 8.42 Å². The van der Waals surface area contributed by atoms with Crippen LogP contribution in [0.15, 0.2) is 53.4 Å². The molecule has 0 aromatic heterocycles. The highest BCUT2D eigenvalue weighted by Gasteiger charge is 2.29. The summed E-state index contributed by atoms with van der Waals surface area (Å²) in [7, 11) is -1.63. The summed E-state index contributed by atoms with van der Waals surface area (Å²) in [6.45, 7) is 5.91. The first-order valence-electron chi connectivity index (χ1n) is 12.0. The second-order valence-electron chi connectivity index (χ2n) is 9.27. The highest BCUT2D eigenvalue weighted by molar-refractivity contribution is 7.90. The number of rotatable bonds is 6. The number of amides is 1. The number of benzene rings is 2. The predicted molar refractivity (Wildman–Crippen MR) is 140 cm³/mol. The molecule has 0 bridgehead atoms. The number of carbonyl (C=O) groups is 1. The summed E-state index contributed by atoms with van der Waals surface area (Å²) in [4.78, 5) is 20.4. The molecule has 1 amide bonds. The van der Waals surface area contributed by atoms with Gasteiger partial charge in [-0.2, -0.15) is 0 Å². The third-order valence-electron chi connectivity index (χ3n) is 6.99. The molecule has 0 aliphatic carbocycles. The molecule has 2 fully saturated rings. The van der Waals surface area contributed by atoms with E-state index in [1.165, 1.54) is 6.26 Å². The fourth-order valence-electron chi connectivity index (χ4n) is 5.18. The van der Waals surface area contributed by atoms with Crippen LogP contribution in [0.25, 0.3) is 0 Å². The SMILES string of the molecule is COc1ccccc1C(=O)N1CCCN(C2CCN(Cc3ccccc3S(C)(=O)=O)CC2)CC1.Cl. The van der Waals surface area contributed by atoms with E-state index < -0.39 is 9.84 Å². The van der Waals surface area contributed by atoms with Gasteiger partial charge in [0.15, 0.2) is 9.84 Å². The molecule has 9 heteroatoms. The Balaban J connectivity index is 0.00000342. The molecule has 0 N–H and O–H groups in total. The fourth-order valence-corrected chi connectivity index (χ4v) is 6.11. The van der Waals surface area contributed by atoms with E-state index in [0.717, 1.165) is 64.1 Å². The van der Waals surface area contributed by atoms with Crippen molar-refractivity contribution < 1.29 is 17.9 Å². The van der Waals surface area contributed by atoms with Crippen LogP contribution in [0.1, 0.15) is 35.2 Å². The molecule has 0 radical (unpaired) electrons. The van der Waals surface area contributed by atoms with E-state index in [9.17, 15) is 13.2 Å². The maximum atomic E-state index is 13.1. The van der Waals surface area contributed by atoms with E-state index in [4.69, 9.17) is 4.74 Å². The number of sulfone groups is 1. The number of nitrogens with zero attached hydrogens (tertiary/aromatic N) is 3. The topological polar surface area (TPSA) is 70.2 Å². The Morgan fingerprint density at radius 2 is 1.63 bits per heavy atom. The van der Waals surface area contributed by atoms with Crippen LogP contribution in [0, 0.1) is 0 Å². The van der Waals surface area contributed by atoms with Gasteiger partial charge in [-0.15, -0.1) is 12.4 Å². The summed E-state index contributed by atoms with van der Waals surface area (Å²) in [5, 5.41) is 0. The average molecular weight is 522 g/mol. The number of carbonyl (C=O) groups excluding carboxylic acids is 1. The molecule has 7 nitrogen and oxygen atoms in total. The third-order valence-corrected chi connectivity index (χ3v) is 8.19. The molecular weight excluding hydrogens is 486 g/mol. The lowest BCUT2D eigenvalue weighted by Gasteiger charge is -2.38. The zero-order chi connectivity index (χ0) is 24.1. The molecule has 2 aromatic rings. The zero-order valence-electron chi connectivity index (χ0n) is 20.6. The van der Waals surface area contributed by atoms with Gasteiger partial charge in [0.2, 0.25) is 0 Å². The van der Waals surface area contributed by atoms with Gasteiger partial charge in [0.1, 0.15) is 5.75 Å². The summed E-state index contributed by atoms with van der Waals surface area (Å²) in [5.74, 6) is 0.664. The molecule has 0 spiro atoms. The van der Waals surface area contributed by atoms with Crippen LogP contribution in [0.5, 0.6) is 5.75 Å². The molecule has 2 saturated heterocycles. The molecule has 192 valence electrons. The Labute approximate surface area is 215 Å². The van der Waals surface area contributed by atoms with Gasteiger partial charge in [0, 0.05) is 45.0 Å². The Bertz CT molecular complexity index is 1100. The van der Waals surface area contributed by atoms with Gasteiger partial charge in [-0.3, -0.25) is 14.6 Å². The number of methoxy groups -OCH3 is 1. The molecule has 2 aliphatic heterocycles. The van der Waals surface area contributed by atoms with Crippen LogP contribution in [0.2, 0.25) is 0 Å². The van der Waals surface area contributed by atoms with Crippen LogP contribution < -0.4 is 4.74 Å². The maximum absolute atomic E-state index is 13.1. The molecule has 2 aliphatic rings. The number of hydrogen-bond acceptors (Lipinski definition) is 6. The lowest BCUT2D eigenvalue weighted by molar-refractivity contribution is 0.0742. The Morgan fingerprint density at radius 3 is 2.34 bits per heavy atom. The zero-order valence-corrected chi connectivity index (χ0v) is 22.2. The van der Waals surface area contributed by atoms with Crippen LogP contribution >= 0.6 is 12.4 Å². The number of para-hydroxylation sites is 1. The summed E-state index contributed by atoms with van der Waals surface area (Å²) in [6.07, 6.45) is 4.35. The molecule has 0 saturated carbocycles. The minimum absolute atomic E-state index is 0. The van der Waals surface area contributed by atoms with Crippen molar-refractivity contribution in [2.45, 2.75) is 36.7 Å². The van der Waals surface area contributed by atoms with Crippen LogP contribution in [0.3, 0.4) is 0 Å². The quantitative estimate of drug-likeness (QED) is 0.580. The van der Waals surface area contributed by atoms with E-state index in [1.54, 1.807) is 19.2 Å². The van der Waals surface area contributed by atoms with Crippen molar-refractivity contribution in [3.05, 3.63) is 59.7 Å². The molecular formula is C26H36ClN3O4S. The first kappa shape index (κ1) is 27.5. The van der Waals surface area contributed by atoms with Gasteiger partial charge in [0.25, 0.3) is 5.91 Å². The minimum Gasteiger partial charge on any atom is -0.496 e. The van der Waals surface area contributed by atoms with Crippen LogP contribution in [0.4, 0.5) is 0 Å². The highest BCUT2D eigenvalue weighted by atomic mass is 35.5. The average Bonchev–Trinajstić information content (AvgIpc) is 3.10. The van der Waals surface area contributed by atoms with Gasteiger partial charge in [-0.1, -0.05) is 30.3 Å². The lowest BCUT2D eigenvalue weighted by atomic mass is 10.0. The lowest BCUT2D eigenvalue weighted by Crippen LogP contribution is -2.46. The Morgan fingerprint density at radius 1 is 0.943 bits per heavy atom. The summed E-state index contributed by atoms with van der Waals surface area (Å²) in [5.41, 5.74) is 1.50.